The minimum Gasteiger partial charge on any atom is -0.339 e. The van der Waals surface area contributed by atoms with Gasteiger partial charge in [-0.25, -0.2) is 0 Å². The highest BCUT2D eigenvalue weighted by molar-refractivity contribution is 7.16. The number of piperazine rings is 1. The summed E-state index contributed by atoms with van der Waals surface area (Å²) in [6.07, 6.45) is 1.00. The van der Waals surface area contributed by atoms with Crippen molar-refractivity contribution in [1.29, 1.82) is 0 Å². The fraction of sp³-hybridized carbons (Fsp3) is 0.421. The topological polar surface area (TPSA) is 83.7 Å². The van der Waals surface area contributed by atoms with Crippen molar-refractivity contribution in [2.75, 3.05) is 26.2 Å². The molecule has 1 fully saturated rings. The molecule has 0 aliphatic carbocycles. The van der Waals surface area contributed by atoms with Crippen LogP contribution in [-0.2, 0) is 11.2 Å². The van der Waals surface area contributed by atoms with Crippen molar-refractivity contribution >= 4 is 28.1 Å². The number of aromatic nitrogens is 4. The average molecular weight is 398 g/mol. The van der Waals surface area contributed by atoms with E-state index in [2.05, 4.69) is 15.3 Å². The van der Waals surface area contributed by atoms with E-state index in [1.54, 1.807) is 4.52 Å². The number of carbonyl (C=O) groups excluding carboxylic acids is 2. The van der Waals surface area contributed by atoms with E-state index in [9.17, 15) is 9.59 Å². The van der Waals surface area contributed by atoms with E-state index < -0.39 is 0 Å². The lowest BCUT2D eigenvalue weighted by Crippen LogP contribution is -2.50. The molecular formula is C19H22N6O2S. The molecule has 0 unspecified atom stereocenters. The van der Waals surface area contributed by atoms with E-state index in [-0.39, 0.29) is 11.8 Å². The summed E-state index contributed by atoms with van der Waals surface area (Å²) in [6.45, 7) is 6.10. The van der Waals surface area contributed by atoms with Gasteiger partial charge in [-0.15, -0.1) is 10.2 Å². The van der Waals surface area contributed by atoms with Gasteiger partial charge in [0.05, 0.1) is 0 Å². The smallest absolute Gasteiger partial charge is 0.253 e. The summed E-state index contributed by atoms with van der Waals surface area (Å²) >= 11 is 1.46. The highest BCUT2D eigenvalue weighted by Gasteiger charge is 2.25. The number of benzene rings is 1. The quantitative estimate of drug-likeness (QED) is 0.668. The number of hydrogen-bond donors (Lipinski definition) is 0. The van der Waals surface area contributed by atoms with Crippen LogP contribution in [0.25, 0.3) is 4.96 Å². The van der Waals surface area contributed by atoms with Crippen molar-refractivity contribution in [3.63, 3.8) is 0 Å². The molecule has 2 aromatic heterocycles. The lowest BCUT2D eigenvalue weighted by Gasteiger charge is -2.35. The Balaban J connectivity index is 1.29. The molecule has 28 heavy (non-hydrogen) atoms. The SMILES string of the molecule is Cc1cccc(C(=O)N2CCN(C(=O)CCc3nn4c(C)nnc4s3)CC2)c1. The van der Waals surface area contributed by atoms with E-state index in [4.69, 9.17) is 0 Å². The molecule has 1 aliphatic rings. The van der Waals surface area contributed by atoms with Crippen LogP contribution in [0.2, 0.25) is 0 Å². The highest BCUT2D eigenvalue weighted by Crippen LogP contribution is 2.16. The molecule has 0 saturated carbocycles. The normalized spacial score (nSPS) is 14.6. The third-order valence-electron chi connectivity index (χ3n) is 4.93. The number of aryl methyl sites for hydroxylation is 3. The molecule has 4 rings (SSSR count). The summed E-state index contributed by atoms with van der Waals surface area (Å²) in [5.41, 5.74) is 1.78. The van der Waals surface area contributed by atoms with Gasteiger partial charge in [0.25, 0.3) is 5.91 Å². The highest BCUT2D eigenvalue weighted by atomic mass is 32.1. The van der Waals surface area contributed by atoms with Gasteiger partial charge in [0.2, 0.25) is 10.9 Å². The molecule has 1 saturated heterocycles. The van der Waals surface area contributed by atoms with Gasteiger partial charge < -0.3 is 9.80 Å². The molecule has 0 atom stereocenters. The summed E-state index contributed by atoms with van der Waals surface area (Å²) in [5.74, 6) is 0.884. The van der Waals surface area contributed by atoms with Crippen LogP contribution in [0, 0.1) is 13.8 Å². The summed E-state index contributed by atoms with van der Waals surface area (Å²) in [5, 5.41) is 13.3. The molecule has 2 amide bonds. The van der Waals surface area contributed by atoms with Crippen LogP contribution in [0.1, 0.15) is 33.2 Å². The van der Waals surface area contributed by atoms with Crippen LogP contribution in [0.3, 0.4) is 0 Å². The Kier molecular flexibility index (Phi) is 5.08. The molecule has 0 bridgehead atoms. The lowest BCUT2D eigenvalue weighted by atomic mass is 10.1. The minimum absolute atomic E-state index is 0.0332. The number of nitrogens with zero attached hydrogens (tertiary/aromatic N) is 6. The van der Waals surface area contributed by atoms with Gasteiger partial charge in [0.15, 0.2) is 5.82 Å². The standard InChI is InChI=1S/C19H22N6O2S/c1-13-4-3-5-15(12-13)18(27)24-10-8-23(9-11-24)17(26)7-6-16-22-25-14(2)20-21-19(25)28-16/h3-5,12H,6-11H2,1-2H3. The molecule has 9 heteroatoms. The third-order valence-corrected chi connectivity index (χ3v) is 5.88. The first-order valence-corrected chi connectivity index (χ1v) is 10.1. The maximum absolute atomic E-state index is 12.6. The van der Waals surface area contributed by atoms with Crippen LogP contribution in [0.4, 0.5) is 0 Å². The zero-order chi connectivity index (χ0) is 19.7. The van der Waals surface area contributed by atoms with Gasteiger partial charge in [-0.3, -0.25) is 9.59 Å². The van der Waals surface area contributed by atoms with Crippen molar-refractivity contribution < 1.29 is 9.59 Å². The Morgan fingerprint density at radius 2 is 1.82 bits per heavy atom. The predicted octanol–water partition coefficient (Wildman–Crippen LogP) is 1.72. The summed E-state index contributed by atoms with van der Waals surface area (Å²) in [7, 11) is 0. The lowest BCUT2D eigenvalue weighted by molar-refractivity contribution is -0.132. The largest absolute Gasteiger partial charge is 0.339 e. The van der Waals surface area contributed by atoms with Gasteiger partial charge >= 0.3 is 0 Å². The van der Waals surface area contributed by atoms with E-state index >= 15 is 0 Å². The Labute approximate surface area is 166 Å². The Bertz CT molecular complexity index is 1020. The second-order valence-corrected chi connectivity index (χ2v) is 8.02. The molecule has 0 spiro atoms. The Morgan fingerprint density at radius 3 is 2.54 bits per heavy atom. The van der Waals surface area contributed by atoms with Crippen LogP contribution >= 0.6 is 11.3 Å². The number of rotatable bonds is 4. The first-order chi connectivity index (χ1) is 13.5. The third kappa shape index (κ3) is 3.75. The second kappa shape index (κ2) is 7.67. The first kappa shape index (κ1) is 18.5. The molecule has 1 aliphatic heterocycles. The Hall–Kier alpha value is -2.81. The predicted molar refractivity (Wildman–Crippen MR) is 105 cm³/mol. The fourth-order valence-corrected chi connectivity index (χ4v) is 4.23. The average Bonchev–Trinajstić information content (AvgIpc) is 3.27. The monoisotopic (exact) mass is 398 g/mol. The summed E-state index contributed by atoms with van der Waals surface area (Å²) < 4.78 is 1.71. The van der Waals surface area contributed by atoms with Crippen LogP contribution < -0.4 is 0 Å². The minimum atomic E-state index is 0.0332. The van der Waals surface area contributed by atoms with Crippen molar-refractivity contribution in [2.24, 2.45) is 0 Å². The van der Waals surface area contributed by atoms with E-state index in [1.807, 2.05) is 47.9 Å². The molecule has 8 nitrogen and oxygen atoms in total. The number of hydrogen-bond acceptors (Lipinski definition) is 6. The molecule has 3 aromatic rings. The number of amides is 2. The zero-order valence-corrected chi connectivity index (χ0v) is 16.8. The van der Waals surface area contributed by atoms with Crippen molar-refractivity contribution in [2.45, 2.75) is 26.7 Å². The van der Waals surface area contributed by atoms with Gasteiger partial charge in [-0.05, 0) is 26.0 Å². The molecule has 0 radical (unpaired) electrons. The number of carbonyl (C=O) groups is 2. The van der Waals surface area contributed by atoms with Gasteiger partial charge in [-0.2, -0.15) is 9.61 Å². The maximum atomic E-state index is 12.6. The molecule has 1 aromatic carbocycles. The molecule has 146 valence electrons. The van der Waals surface area contributed by atoms with Crippen LogP contribution in [0.5, 0.6) is 0 Å². The van der Waals surface area contributed by atoms with Crippen molar-refractivity contribution in [1.82, 2.24) is 29.6 Å². The van der Waals surface area contributed by atoms with E-state index in [1.165, 1.54) is 11.3 Å². The summed E-state index contributed by atoms with van der Waals surface area (Å²) in [6, 6.07) is 7.62. The van der Waals surface area contributed by atoms with Gasteiger partial charge in [-0.1, -0.05) is 29.0 Å². The van der Waals surface area contributed by atoms with E-state index in [0.717, 1.165) is 21.4 Å². The summed E-state index contributed by atoms with van der Waals surface area (Å²) in [4.78, 5) is 29.6. The zero-order valence-electron chi connectivity index (χ0n) is 16.0. The van der Waals surface area contributed by atoms with Gasteiger partial charge in [0, 0.05) is 44.6 Å². The maximum Gasteiger partial charge on any atom is 0.253 e. The Morgan fingerprint density at radius 1 is 1.07 bits per heavy atom. The van der Waals surface area contributed by atoms with Crippen molar-refractivity contribution in [3.05, 3.63) is 46.2 Å². The molecular weight excluding hydrogens is 376 g/mol. The molecule has 0 N–H and O–H groups in total. The van der Waals surface area contributed by atoms with E-state index in [0.29, 0.717) is 44.6 Å². The second-order valence-electron chi connectivity index (χ2n) is 6.98. The van der Waals surface area contributed by atoms with Gasteiger partial charge in [0.1, 0.15) is 5.01 Å². The fourth-order valence-electron chi connectivity index (χ4n) is 3.35. The first-order valence-electron chi connectivity index (χ1n) is 9.33. The molecule has 3 heterocycles. The number of fused-ring (bicyclic) bond motifs is 1. The van der Waals surface area contributed by atoms with Crippen LogP contribution in [-0.4, -0.2) is 67.6 Å². The van der Waals surface area contributed by atoms with Crippen molar-refractivity contribution in [3.8, 4) is 0 Å². The van der Waals surface area contributed by atoms with Crippen LogP contribution in [0.15, 0.2) is 24.3 Å².